The number of hydrogen-bond acceptors (Lipinski definition) is 6. The summed E-state index contributed by atoms with van der Waals surface area (Å²) in [7, 11) is 0. The van der Waals surface area contributed by atoms with Crippen molar-refractivity contribution in [1.82, 2.24) is 14.8 Å². The van der Waals surface area contributed by atoms with Crippen molar-refractivity contribution in [3.05, 3.63) is 70.4 Å². The Bertz CT molecular complexity index is 1190. The van der Waals surface area contributed by atoms with Crippen molar-refractivity contribution < 1.29 is 9.53 Å². The summed E-state index contributed by atoms with van der Waals surface area (Å²) in [6, 6.07) is 14.4. The van der Waals surface area contributed by atoms with Crippen LogP contribution in [0.3, 0.4) is 0 Å². The van der Waals surface area contributed by atoms with Gasteiger partial charge < -0.3 is 15.4 Å². The highest BCUT2D eigenvalue weighted by Gasteiger charge is 2.35. The van der Waals surface area contributed by atoms with Gasteiger partial charge in [0.2, 0.25) is 11.1 Å². The van der Waals surface area contributed by atoms with E-state index in [1.807, 2.05) is 62.4 Å². The van der Waals surface area contributed by atoms with E-state index >= 15 is 0 Å². The third-order valence-corrected chi connectivity index (χ3v) is 6.54. The van der Waals surface area contributed by atoms with Crippen molar-refractivity contribution in [3.8, 4) is 5.75 Å². The average Bonchev–Trinajstić information content (AvgIpc) is 3.21. The molecule has 7 nitrogen and oxygen atoms in total. The molecule has 0 fully saturated rings. The highest BCUT2D eigenvalue weighted by Crippen LogP contribution is 2.39. The van der Waals surface area contributed by atoms with Gasteiger partial charge in [0.15, 0.2) is 0 Å². The van der Waals surface area contributed by atoms with E-state index in [1.165, 1.54) is 0 Å². The van der Waals surface area contributed by atoms with Crippen LogP contribution in [0.2, 0.25) is 5.02 Å². The van der Waals surface area contributed by atoms with Gasteiger partial charge in [-0.2, -0.15) is 4.98 Å². The Morgan fingerprint density at radius 1 is 1.21 bits per heavy atom. The van der Waals surface area contributed by atoms with Crippen molar-refractivity contribution in [2.45, 2.75) is 38.4 Å². The molecule has 3 aromatic rings. The number of para-hydroxylation sites is 2. The molecule has 1 unspecified atom stereocenters. The van der Waals surface area contributed by atoms with Gasteiger partial charge in [0.25, 0.3) is 5.91 Å². The maximum atomic E-state index is 13.6. The second kappa shape index (κ2) is 10.3. The zero-order chi connectivity index (χ0) is 23.4. The summed E-state index contributed by atoms with van der Waals surface area (Å²) in [6.07, 6.45) is 1.01. The third kappa shape index (κ3) is 4.86. The van der Waals surface area contributed by atoms with E-state index < -0.39 is 6.04 Å². The molecule has 0 aliphatic carbocycles. The Kier molecular flexibility index (Phi) is 7.25. The topological polar surface area (TPSA) is 81.1 Å². The zero-order valence-corrected chi connectivity index (χ0v) is 20.3. The minimum Gasteiger partial charge on any atom is -0.492 e. The number of allylic oxidation sites excluding steroid dienone is 1. The fourth-order valence-electron chi connectivity index (χ4n) is 3.71. The van der Waals surface area contributed by atoms with Crippen LogP contribution >= 0.6 is 23.4 Å². The molecule has 33 heavy (non-hydrogen) atoms. The predicted octanol–water partition coefficient (Wildman–Crippen LogP) is 5.76. The Labute approximate surface area is 202 Å². The molecule has 1 aromatic heterocycles. The number of benzene rings is 2. The Hall–Kier alpha value is -2.97. The molecular formula is C24H26ClN5O2S. The monoisotopic (exact) mass is 483 g/mol. The molecule has 2 N–H and O–H groups in total. The number of thioether (sulfide) groups is 1. The molecule has 0 spiro atoms. The van der Waals surface area contributed by atoms with Gasteiger partial charge in [0, 0.05) is 22.0 Å². The number of ether oxygens (including phenoxy) is 1. The number of carbonyl (C=O) groups is 1. The number of fused-ring (bicyclic) bond motifs is 1. The minimum atomic E-state index is -0.530. The first-order valence-electron chi connectivity index (χ1n) is 10.9. The van der Waals surface area contributed by atoms with Crippen LogP contribution < -0.4 is 15.4 Å². The summed E-state index contributed by atoms with van der Waals surface area (Å²) in [5.41, 5.74) is 2.59. The summed E-state index contributed by atoms with van der Waals surface area (Å²) >= 11 is 8.18. The first-order chi connectivity index (χ1) is 16.0. The molecule has 4 rings (SSSR count). The second-order valence-electron chi connectivity index (χ2n) is 7.48. The average molecular weight is 484 g/mol. The number of anilines is 2. The van der Waals surface area contributed by atoms with Crippen LogP contribution in [0, 0.1) is 0 Å². The Balaban J connectivity index is 1.76. The van der Waals surface area contributed by atoms with Gasteiger partial charge in [-0.05, 0) is 38.5 Å². The summed E-state index contributed by atoms with van der Waals surface area (Å²) in [5.74, 6) is 1.85. The standard InChI is InChI=1S/C24H26ClN5O2S/c1-4-14-33-24-28-23-26-15(3)20(21(30(23)29-24)16-10-6-7-11-17(16)25)22(31)27-18-12-8-9-13-19(18)32-5-2/h6-13,21H,4-5,14H2,1-3H3,(H,27,31)(H,26,28,29). The summed E-state index contributed by atoms with van der Waals surface area (Å²) in [4.78, 5) is 18.3. The fraction of sp³-hybridized carbons (Fsp3) is 0.292. The quantitative estimate of drug-likeness (QED) is 0.396. The molecule has 2 heterocycles. The van der Waals surface area contributed by atoms with E-state index in [0.717, 1.165) is 17.7 Å². The van der Waals surface area contributed by atoms with E-state index in [-0.39, 0.29) is 5.91 Å². The molecule has 0 bridgehead atoms. The molecule has 1 amide bonds. The molecule has 2 aromatic carbocycles. The number of amides is 1. The Morgan fingerprint density at radius 2 is 1.97 bits per heavy atom. The van der Waals surface area contributed by atoms with Gasteiger partial charge in [-0.15, -0.1) is 5.10 Å². The van der Waals surface area contributed by atoms with Gasteiger partial charge >= 0.3 is 0 Å². The highest BCUT2D eigenvalue weighted by atomic mass is 35.5. The Morgan fingerprint density at radius 3 is 2.73 bits per heavy atom. The minimum absolute atomic E-state index is 0.263. The van der Waals surface area contributed by atoms with Crippen LogP contribution in [-0.4, -0.2) is 33.0 Å². The van der Waals surface area contributed by atoms with Gasteiger partial charge in [0.1, 0.15) is 11.8 Å². The number of rotatable bonds is 8. The molecule has 0 saturated carbocycles. The lowest BCUT2D eigenvalue weighted by Gasteiger charge is -2.29. The molecule has 1 aliphatic heterocycles. The summed E-state index contributed by atoms with van der Waals surface area (Å²) in [6.45, 7) is 6.38. The molecule has 0 saturated heterocycles. The lowest BCUT2D eigenvalue weighted by atomic mass is 9.95. The summed E-state index contributed by atoms with van der Waals surface area (Å²) in [5, 5.41) is 12.2. The van der Waals surface area contributed by atoms with E-state index in [4.69, 9.17) is 21.4 Å². The SMILES string of the molecule is CCCSc1nc2n(n1)C(c1ccccc1Cl)C(C(=O)Nc1ccccc1OCC)=C(C)N2. The number of carbonyl (C=O) groups excluding carboxylic acids is 1. The zero-order valence-electron chi connectivity index (χ0n) is 18.8. The van der Waals surface area contributed by atoms with E-state index in [0.29, 0.717) is 45.4 Å². The summed E-state index contributed by atoms with van der Waals surface area (Å²) < 4.78 is 7.43. The molecule has 172 valence electrons. The van der Waals surface area contributed by atoms with Gasteiger partial charge in [-0.1, -0.05) is 60.6 Å². The largest absolute Gasteiger partial charge is 0.492 e. The van der Waals surface area contributed by atoms with Crippen LogP contribution in [-0.2, 0) is 4.79 Å². The first kappa shape index (κ1) is 23.2. The number of nitrogens with one attached hydrogen (secondary N) is 2. The third-order valence-electron chi connectivity index (χ3n) is 5.15. The van der Waals surface area contributed by atoms with Crippen LogP contribution in [0.5, 0.6) is 5.75 Å². The number of halogens is 1. The number of aromatic nitrogens is 3. The smallest absolute Gasteiger partial charge is 0.255 e. The van der Waals surface area contributed by atoms with Gasteiger partial charge in [-0.25, -0.2) is 4.68 Å². The van der Waals surface area contributed by atoms with Crippen molar-refractivity contribution in [2.75, 3.05) is 23.0 Å². The van der Waals surface area contributed by atoms with Crippen molar-refractivity contribution in [1.29, 1.82) is 0 Å². The van der Waals surface area contributed by atoms with Crippen molar-refractivity contribution in [2.24, 2.45) is 0 Å². The highest BCUT2D eigenvalue weighted by molar-refractivity contribution is 7.99. The van der Waals surface area contributed by atoms with Crippen LogP contribution in [0.15, 0.2) is 65.0 Å². The van der Waals surface area contributed by atoms with Gasteiger partial charge in [-0.3, -0.25) is 4.79 Å². The van der Waals surface area contributed by atoms with E-state index in [9.17, 15) is 4.79 Å². The molecular weight excluding hydrogens is 458 g/mol. The molecule has 1 atom stereocenters. The van der Waals surface area contributed by atoms with E-state index in [1.54, 1.807) is 16.4 Å². The van der Waals surface area contributed by atoms with Crippen molar-refractivity contribution >= 4 is 40.9 Å². The first-order valence-corrected chi connectivity index (χ1v) is 12.2. The molecule has 9 heteroatoms. The predicted molar refractivity (Wildman–Crippen MR) is 133 cm³/mol. The second-order valence-corrected chi connectivity index (χ2v) is 8.95. The number of nitrogens with zero attached hydrogens (tertiary/aromatic N) is 3. The van der Waals surface area contributed by atoms with Crippen LogP contribution in [0.1, 0.15) is 38.8 Å². The fourth-order valence-corrected chi connectivity index (χ4v) is 4.63. The number of hydrogen-bond donors (Lipinski definition) is 2. The lowest BCUT2D eigenvalue weighted by Crippen LogP contribution is -2.31. The normalized spacial score (nSPS) is 15.1. The lowest BCUT2D eigenvalue weighted by molar-refractivity contribution is -0.113. The van der Waals surface area contributed by atoms with E-state index in [2.05, 4.69) is 22.5 Å². The van der Waals surface area contributed by atoms with Crippen LogP contribution in [0.4, 0.5) is 11.6 Å². The van der Waals surface area contributed by atoms with Crippen molar-refractivity contribution in [3.63, 3.8) is 0 Å². The van der Waals surface area contributed by atoms with Crippen LogP contribution in [0.25, 0.3) is 0 Å². The maximum absolute atomic E-state index is 13.6. The molecule has 1 aliphatic rings. The molecule has 0 radical (unpaired) electrons. The van der Waals surface area contributed by atoms with Gasteiger partial charge in [0.05, 0.1) is 17.9 Å². The maximum Gasteiger partial charge on any atom is 0.255 e.